The van der Waals surface area contributed by atoms with Gasteiger partial charge in [0.2, 0.25) is 0 Å². The average molecular weight is 216 g/mol. The fraction of sp³-hybridized carbons (Fsp3) is 0.917. The number of rotatable bonds is 8. The lowest BCUT2D eigenvalue weighted by atomic mass is 9.98. The van der Waals surface area contributed by atoms with Gasteiger partial charge in [-0.05, 0) is 19.8 Å². The minimum absolute atomic E-state index is 0.0427. The summed E-state index contributed by atoms with van der Waals surface area (Å²) in [6.07, 6.45) is 4.18. The van der Waals surface area contributed by atoms with E-state index in [1.165, 1.54) is 0 Å². The van der Waals surface area contributed by atoms with Crippen LogP contribution in [0.25, 0.3) is 0 Å². The van der Waals surface area contributed by atoms with Crippen LogP contribution in [0.3, 0.4) is 0 Å². The van der Waals surface area contributed by atoms with E-state index in [0.717, 1.165) is 25.7 Å². The number of carbonyl (C=O) groups excluding carboxylic acids is 1. The third-order valence-electron chi connectivity index (χ3n) is 2.46. The molecule has 1 N–H and O–H groups in total. The fourth-order valence-electron chi connectivity index (χ4n) is 1.61. The van der Waals surface area contributed by atoms with Crippen LogP contribution in [-0.2, 0) is 9.53 Å². The number of hydrogen-bond acceptors (Lipinski definition) is 3. The standard InChI is InChI=1S/C12H24O3/c1-4-6-11(7-5-2)12(14)15-10(3)8-9-13/h10-11,13H,4-9H2,1-3H3/t10-/m1/s1. The van der Waals surface area contributed by atoms with Crippen molar-refractivity contribution in [3.8, 4) is 0 Å². The van der Waals surface area contributed by atoms with Gasteiger partial charge in [0, 0.05) is 13.0 Å². The Kier molecular flexibility index (Phi) is 8.38. The lowest BCUT2D eigenvalue weighted by Gasteiger charge is -2.18. The maximum atomic E-state index is 11.7. The van der Waals surface area contributed by atoms with Crippen molar-refractivity contribution < 1.29 is 14.6 Å². The smallest absolute Gasteiger partial charge is 0.309 e. The molecule has 90 valence electrons. The lowest BCUT2D eigenvalue weighted by molar-refractivity contribution is -0.154. The van der Waals surface area contributed by atoms with E-state index < -0.39 is 0 Å². The van der Waals surface area contributed by atoms with Gasteiger partial charge < -0.3 is 9.84 Å². The van der Waals surface area contributed by atoms with E-state index >= 15 is 0 Å². The van der Waals surface area contributed by atoms with E-state index in [4.69, 9.17) is 9.84 Å². The zero-order valence-electron chi connectivity index (χ0n) is 10.2. The van der Waals surface area contributed by atoms with Crippen LogP contribution in [0.1, 0.15) is 52.9 Å². The topological polar surface area (TPSA) is 46.5 Å². The van der Waals surface area contributed by atoms with Crippen molar-refractivity contribution in [2.75, 3.05) is 6.61 Å². The Morgan fingerprint density at radius 2 is 1.73 bits per heavy atom. The highest BCUT2D eigenvalue weighted by molar-refractivity contribution is 5.72. The summed E-state index contributed by atoms with van der Waals surface area (Å²) in [4.78, 5) is 11.7. The molecule has 0 aliphatic heterocycles. The lowest BCUT2D eigenvalue weighted by Crippen LogP contribution is -2.23. The van der Waals surface area contributed by atoms with E-state index in [-0.39, 0.29) is 24.6 Å². The molecule has 0 amide bonds. The van der Waals surface area contributed by atoms with Crippen LogP contribution in [-0.4, -0.2) is 23.8 Å². The quantitative estimate of drug-likeness (QED) is 0.634. The van der Waals surface area contributed by atoms with Crippen LogP contribution in [0.15, 0.2) is 0 Å². The van der Waals surface area contributed by atoms with Crippen LogP contribution in [0.5, 0.6) is 0 Å². The molecule has 15 heavy (non-hydrogen) atoms. The van der Waals surface area contributed by atoms with E-state index in [1.54, 1.807) is 0 Å². The third-order valence-corrected chi connectivity index (χ3v) is 2.46. The molecular weight excluding hydrogens is 192 g/mol. The molecule has 0 rings (SSSR count). The molecule has 0 saturated carbocycles. The molecule has 3 heteroatoms. The molecule has 3 nitrogen and oxygen atoms in total. The Labute approximate surface area is 92.8 Å². The summed E-state index contributed by atoms with van der Waals surface area (Å²) in [7, 11) is 0. The van der Waals surface area contributed by atoms with Crippen LogP contribution in [0.4, 0.5) is 0 Å². The monoisotopic (exact) mass is 216 g/mol. The molecule has 0 unspecified atom stereocenters. The normalized spacial score (nSPS) is 12.9. The Morgan fingerprint density at radius 3 is 2.13 bits per heavy atom. The summed E-state index contributed by atoms with van der Waals surface area (Å²) >= 11 is 0. The van der Waals surface area contributed by atoms with Gasteiger partial charge in [0.1, 0.15) is 6.10 Å². The number of esters is 1. The molecule has 0 fully saturated rings. The van der Waals surface area contributed by atoms with Crippen LogP contribution in [0.2, 0.25) is 0 Å². The Morgan fingerprint density at radius 1 is 1.20 bits per heavy atom. The van der Waals surface area contributed by atoms with Crippen molar-refractivity contribution >= 4 is 5.97 Å². The minimum atomic E-state index is -0.168. The Balaban J connectivity index is 4.00. The zero-order chi connectivity index (χ0) is 11.7. The first kappa shape index (κ1) is 14.4. The first-order valence-corrected chi connectivity index (χ1v) is 5.97. The number of hydrogen-bond donors (Lipinski definition) is 1. The molecule has 0 aliphatic carbocycles. The second kappa shape index (κ2) is 8.72. The number of carbonyl (C=O) groups is 1. The number of aliphatic hydroxyl groups excluding tert-OH is 1. The molecular formula is C12H24O3. The van der Waals surface area contributed by atoms with Gasteiger partial charge in [-0.2, -0.15) is 0 Å². The van der Waals surface area contributed by atoms with Gasteiger partial charge in [-0.15, -0.1) is 0 Å². The van der Waals surface area contributed by atoms with Gasteiger partial charge in [-0.25, -0.2) is 0 Å². The largest absolute Gasteiger partial charge is 0.462 e. The molecule has 0 spiro atoms. The van der Waals surface area contributed by atoms with E-state index in [2.05, 4.69) is 13.8 Å². The van der Waals surface area contributed by atoms with Crippen LogP contribution in [0, 0.1) is 5.92 Å². The van der Waals surface area contributed by atoms with E-state index in [1.807, 2.05) is 6.92 Å². The molecule has 0 aromatic heterocycles. The number of aliphatic hydroxyl groups is 1. The van der Waals surface area contributed by atoms with Gasteiger partial charge in [-0.3, -0.25) is 4.79 Å². The molecule has 0 saturated heterocycles. The van der Waals surface area contributed by atoms with Gasteiger partial charge >= 0.3 is 5.97 Å². The molecule has 0 aromatic carbocycles. The molecule has 0 aliphatic rings. The molecule has 0 heterocycles. The predicted octanol–water partition coefficient (Wildman–Crippen LogP) is 2.52. The molecule has 0 radical (unpaired) electrons. The highest BCUT2D eigenvalue weighted by atomic mass is 16.5. The average Bonchev–Trinajstić information content (AvgIpc) is 2.17. The van der Waals surface area contributed by atoms with Crippen LogP contribution < -0.4 is 0 Å². The third kappa shape index (κ3) is 6.50. The van der Waals surface area contributed by atoms with Gasteiger partial charge in [0.15, 0.2) is 0 Å². The zero-order valence-corrected chi connectivity index (χ0v) is 10.2. The molecule has 0 bridgehead atoms. The first-order valence-electron chi connectivity index (χ1n) is 5.97. The second-order valence-corrected chi connectivity index (χ2v) is 4.03. The minimum Gasteiger partial charge on any atom is -0.462 e. The summed E-state index contributed by atoms with van der Waals surface area (Å²) < 4.78 is 5.26. The number of ether oxygens (including phenoxy) is 1. The summed E-state index contributed by atoms with van der Waals surface area (Å²) in [6, 6.07) is 0. The summed E-state index contributed by atoms with van der Waals surface area (Å²) in [5.74, 6) is -0.0548. The van der Waals surface area contributed by atoms with E-state index in [0.29, 0.717) is 6.42 Å². The predicted molar refractivity (Wildman–Crippen MR) is 60.6 cm³/mol. The summed E-state index contributed by atoms with van der Waals surface area (Å²) in [6.45, 7) is 6.05. The van der Waals surface area contributed by atoms with Crippen LogP contribution >= 0.6 is 0 Å². The van der Waals surface area contributed by atoms with Crippen molar-refractivity contribution in [2.45, 2.75) is 59.0 Å². The Bertz CT molecular complexity index is 162. The van der Waals surface area contributed by atoms with Crippen molar-refractivity contribution in [3.63, 3.8) is 0 Å². The van der Waals surface area contributed by atoms with Crippen molar-refractivity contribution in [1.29, 1.82) is 0 Å². The maximum Gasteiger partial charge on any atom is 0.309 e. The van der Waals surface area contributed by atoms with E-state index in [9.17, 15) is 4.79 Å². The highest BCUT2D eigenvalue weighted by Crippen LogP contribution is 2.16. The second-order valence-electron chi connectivity index (χ2n) is 4.03. The van der Waals surface area contributed by atoms with Crippen molar-refractivity contribution in [2.24, 2.45) is 5.92 Å². The van der Waals surface area contributed by atoms with Crippen molar-refractivity contribution in [3.05, 3.63) is 0 Å². The van der Waals surface area contributed by atoms with Gasteiger partial charge in [0.25, 0.3) is 0 Å². The van der Waals surface area contributed by atoms with Gasteiger partial charge in [-0.1, -0.05) is 26.7 Å². The Hall–Kier alpha value is -0.570. The molecule has 1 atom stereocenters. The fourth-order valence-corrected chi connectivity index (χ4v) is 1.61. The summed E-state index contributed by atoms with van der Waals surface area (Å²) in [5.41, 5.74) is 0. The SMILES string of the molecule is CCCC(CCC)C(=O)O[C@H](C)CCO. The maximum absolute atomic E-state index is 11.7. The summed E-state index contributed by atoms with van der Waals surface area (Å²) in [5, 5.41) is 8.70. The van der Waals surface area contributed by atoms with Crippen molar-refractivity contribution in [1.82, 2.24) is 0 Å². The first-order chi connectivity index (χ1) is 7.15. The van der Waals surface area contributed by atoms with Gasteiger partial charge in [0.05, 0.1) is 5.92 Å². The molecule has 0 aromatic rings. The highest BCUT2D eigenvalue weighted by Gasteiger charge is 2.19.